The molecule has 2 atom stereocenters. The Kier molecular flexibility index (Phi) is 6.57. The zero-order valence-electron chi connectivity index (χ0n) is 14.5. The molecule has 0 unspecified atom stereocenters. The number of alkyl halides is 2. The van der Waals surface area contributed by atoms with E-state index in [0.717, 1.165) is 6.26 Å². The third-order valence-electron chi connectivity index (χ3n) is 4.40. The van der Waals surface area contributed by atoms with Crippen molar-refractivity contribution < 1.29 is 21.6 Å². The summed E-state index contributed by atoms with van der Waals surface area (Å²) in [6.07, 6.45) is 0.768. The number of nitrogens with one attached hydrogen (secondary N) is 2. The number of hydrogen-bond donors (Lipinski definition) is 2. The molecule has 148 valence electrons. The minimum atomic E-state index is -3.83. The highest BCUT2D eigenvalue weighted by Gasteiger charge is 2.51. The van der Waals surface area contributed by atoms with E-state index in [1.807, 2.05) is 10.8 Å². The molecule has 4 nitrogen and oxygen atoms in total. The van der Waals surface area contributed by atoms with Gasteiger partial charge in [0.2, 0.25) is 10.0 Å². The van der Waals surface area contributed by atoms with Gasteiger partial charge in [-0.3, -0.25) is 0 Å². The molecule has 0 saturated carbocycles. The van der Waals surface area contributed by atoms with E-state index in [2.05, 4.69) is 5.32 Å². The van der Waals surface area contributed by atoms with Gasteiger partial charge >= 0.3 is 0 Å². The first-order valence-corrected chi connectivity index (χ1v) is 9.98. The molecular formula is C18H20ClF3N2O2S. The molecule has 9 heteroatoms. The molecule has 1 fully saturated rings. The predicted molar refractivity (Wildman–Crippen MR) is 101 cm³/mol. The maximum absolute atomic E-state index is 14.9. The zero-order valence-corrected chi connectivity index (χ0v) is 16.1. The summed E-state index contributed by atoms with van der Waals surface area (Å²) < 4.78 is 67.9. The largest absolute Gasteiger partial charge is 0.306 e. The van der Waals surface area contributed by atoms with E-state index in [9.17, 15) is 21.6 Å². The van der Waals surface area contributed by atoms with Gasteiger partial charge in [0, 0.05) is 11.6 Å². The van der Waals surface area contributed by atoms with Crippen molar-refractivity contribution in [3.05, 3.63) is 59.9 Å². The second-order valence-electron chi connectivity index (χ2n) is 6.46. The first-order valence-electron chi connectivity index (χ1n) is 8.09. The van der Waals surface area contributed by atoms with Gasteiger partial charge in [0.25, 0.3) is 5.92 Å². The lowest BCUT2D eigenvalue weighted by Crippen LogP contribution is -2.51. The van der Waals surface area contributed by atoms with Crippen LogP contribution in [0.25, 0.3) is 11.1 Å². The molecule has 1 aliphatic heterocycles. The first kappa shape index (κ1) is 21.7. The van der Waals surface area contributed by atoms with E-state index in [1.54, 1.807) is 36.4 Å². The highest BCUT2D eigenvalue weighted by molar-refractivity contribution is 7.88. The van der Waals surface area contributed by atoms with Crippen LogP contribution in [-0.2, 0) is 16.4 Å². The van der Waals surface area contributed by atoms with Gasteiger partial charge in [0.1, 0.15) is 11.9 Å². The van der Waals surface area contributed by atoms with Gasteiger partial charge in [0.05, 0.1) is 12.8 Å². The highest BCUT2D eigenvalue weighted by Crippen LogP contribution is 2.31. The number of halogens is 4. The van der Waals surface area contributed by atoms with Crippen LogP contribution in [0.4, 0.5) is 13.2 Å². The van der Waals surface area contributed by atoms with E-state index >= 15 is 0 Å². The van der Waals surface area contributed by atoms with Gasteiger partial charge in [-0.05, 0) is 17.5 Å². The van der Waals surface area contributed by atoms with Gasteiger partial charge < -0.3 is 5.32 Å². The standard InChI is InChI=1S/C18H19F3N2O2S.ClH/c1-26(24,25)23-17-15(22-11-18(17,20)21)10-13-8-5-9-14(16(13)19)12-6-3-2-4-7-12;/h2-9,15,17,22-23H,10-11H2,1H3;1H/t15-,17+;/m0./s1. The Bertz CT molecular complexity index is 895. The molecule has 0 amide bonds. The van der Waals surface area contributed by atoms with Crippen molar-refractivity contribution in [3.8, 4) is 11.1 Å². The van der Waals surface area contributed by atoms with Gasteiger partial charge in [-0.15, -0.1) is 12.4 Å². The lowest BCUT2D eigenvalue weighted by Gasteiger charge is -2.24. The second kappa shape index (κ2) is 8.18. The fourth-order valence-corrected chi connectivity index (χ4v) is 3.99. The van der Waals surface area contributed by atoms with Crippen molar-refractivity contribution in [2.75, 3.05) is 12.8 Å². The molecule has 2 N–H and O–H groups in total. The van der Waals surface area contributed by atoms with Crippen LogP contribution in [0.2, 0.25) is 0 Å². The van der Waals surface area contributed by atoms with E-state index in [-0.39, 0.29) is 24.4 Å². The van der Waals surface area contributed by atoms with Crippen LogP contribution in [0.15, 0.2) is 48.5 Å². The van der Waals surface area contributed by atoms with Crippen LogP contribution in [-0.4, -0.2) is 39.2 Å². The van der Waals surface area contributed by atoms with Crippen LogP contribution < -0.4 is 10.0 Å². The van der Waals surface area contributed by atoms with Gasteiger partial charge in [-0.1, -0.05) is 48.5 Å². The molecule has 0 bridgehead atoms. The lowest BCUT2D eigenvalue weighted by atomic mass is 9.96. The predicted octanol–water partition coefficient (Wildman–Crippen LogP) is 2.98. The van der Waals surface area contributed by atoms with Crippen LogP contribution in [0, 0.1) is 5.82 Å². The Balaban J connectivity index is 0.00000261. The Morgan fingerprint density at radius 1 is 1.15 bits per heavy atom. The summed E-state index contributed by atoms with van der Waals surface area (Å²) in [6, 6.07) is 11.2. The minimum Gasteiger partial charge on any atom is -0.306 e. The quantitative estimate of drug-likeness (QED) is 0.781. The summed E-state index contributed by atoms with van der Waals surface area (Å²) in [5.74, 6) is -3.74. The van der Waals surface area contributed by atoms with E-state index in [1.165, 1.54) is 6.07 Å². The average Bonchev–Trinajstić information content (AvgIpc) is 2.84. The molecule has 0 aliphatic carbocycles. The summed E-state index contributed by atoms with van der Waals surface area (Å²) in [7, 11) is -3.83. The Labute approximate surface area is 162 Å². The molecule has 27 heavy (non-hydrogen) atoms. The minimum absolute atomic E-state index is 0. The fraction of sp³-hybridized carbons (Fsp3) is 0.333. The normalized spacial score (nSPS) is 21.6. The molecule has 0 radical (unpaired) electrons. The molecule has 2 aromatic carbocycles. The van der Waals surface area contributed by atoms with Gasteiger partial charge in [-0.25, -0.2) is 26.3 Å². The third-order valence-corrected chi connectivity index (χ3v) is 5.08. The zero-order chi connectivity index (χ0) is 18.9. The Hall–Kier alpha value is -1.61. The molecule has 1 heterocycles. The maximum atomic E-state index is 14.9. The van der Waals surface area contributed by atoms with Crippen molar-refractivity contribution in [2.45, 2.75) is 24.4 Å². The Morgan fingerprint density at radius 3 is 2.44 bits per heavy atom. The van der Waals surface area contributed by atoms with Crippen LogP contribution >= 0.6 is 12.4 Å². The van der Waals surface area contributed by atoms with Crippen molar-refractivity contribution in [3.63, 3.8) is 0 Å². The van der Waals surface area contributed by atoms with Crippen molar-refractivity contribution in [1.82, 2.24) is 10.0 Å². The topological polar surface area (TPSA) is 58.2 Å². The van der Waals surface area contributed by atoms with E-state index in [4.69, 9.17) is 0 Å². The average molecular weight is 421 g/mol. The molecule has 1 saturated heterocycles. The summed E-state index contributed by atoms with van der Waals surface area (Å²) in [6.45, 7) is -0.662. The summed E-state index contributed by atoms with van der Waals surface area (Å²) in [5.41, 5.74) is 1.31. The monoisotopic (exact) mass is 420 g/mol. The number of sulfonamides is 1. The maximum Gasteiger partial charge on any atom is 0.277 e. The molecular weight excluding hydrogens is 401 g/mol. The second-order valence-corrected chi connectivity index (χ2v) is 8.24. The van der Waals surface area contributed by atoms with Crippen molar-refractivity contribution in [2.24, 2.45) is 0 Å². The van der Waals surface area contributed by atoms with Gasteiger partial charge in [-0.2, -0.15) is 0 Å². The first-order chi connectivity index (χ1) is 12.2. The summed E-state index contributed by atoms with van der Waals surface area (Å²) >= 11 is 0. The Morgan fingerprint density at radius 2 is 1.81 bits per heavy atom. The van der Waals surface area contributed by atoms with Gasteiger partial charge in [0.15, 0.2) is 0 Å². The molecule has 2 aromatic rings. The third kappa shape index (κ3) is 5.01. The van der Waals surface area contributed by atoms with Crippen LogP contribution in [0.1, 0.15) is 5.56 Å². The van der Waals surface area contributed by atoms with Crippen LogP contribution in [0.5, 0.6) is 0 Å². The van der Waals surface area contributed by atoms with Crippen molar-refractivity contribution >= 4 is 22.4 Å². The van der Waals surface area contributed by atoms with Crippen molar-refractivity contribution in [1.29, 1.82) is 0 Å². The SMILES string of the molecule is CS(=O)(=O)N[C@@H]1[C@H](Cc2cccc(-c3ccccc3)c2F)NCC1(F)F.Cl. The smallest absolute Gasteiger partial charge is 0.277 e. The van der Waals surface area contributed by atoms with E-state index < -0.39 is 40.4 Å². The number of rotatable bonds is 5. The number of hydrogen-bond acceptors (Lipinski definition) is 3. The fourth-order valence-electron chi connectivity index (χ4n) is 3.19. The summed E-state index contributed by atoms with van der Waals surface area (Å²) in [5, 5.41) is 2.61. The molecule has 1 aliphatic rings. The molecule has 0 spiro atoms. The van der Waals surface area contributed by atoms with E-state index in [0.29, 0.717) is 11.1 Å². The molecule has 0 aromatic heterocycles. The molecule has 3 rings (SSSR count). The summed E-state index contributed by atoms with van der Waals surface area (Å²) in [4.78, 5) is 0. The highest BCUT2D eigenvalue weighted by atomic mass is 35.5. The number of benzene rings is 2. The van der Waals surface area contributed by atoms with Crippen LogP contribution in [0.3, 0.4) is 0 Å². The lowest BCUT2D eigenvalue weighted by molar-refractivity contribution is -0.000840.